The molecule has 1 atom stereocenters. The number of nitrogens with one attached hydrogen (secondary N) is 2. The summed E-state index contributed by atoms with van der Waals surface area (Å²) in [5.41, 5.74) is -0.754. The van der Waals surface area contributed by atoms with Gasteiger partial charge in [-0.3, -0.25) is 9.52 Å². The lowest BCUT2D eigenvalue weighted by atomic mass is 10.3. The number of sulfonamides is 1. The van der Waals surface area contributed by atoms with E-state index < -0.39 is 33.4 Å². The second kappa shape index (κ2) is 7.47. The van der Waals surface area contributed by atoms with Crippen LogP contribution >= 0.6 is 0 Å². The van der Waals surface area contributed by atoms with Gasteiger partial charge in [0.25, 0.3) is 15.9 Å². The Labute approximate surface area is 143 Å². The molecule has 0 spiro atoms. The number of anilines is 1. The maximum Gasteiger partial charge on any atom is 0.262 e. The summed E-state index contributed by atoms with van der Waals surface area (Å²) in [6.07, 6.45) is -0.766. The number of benzene rings is 2. The van der Waals surface area contributed by atoms with Crippen LogP contribution in [0.5, 0.6) is 5.75 Å². The summed E-state index contributed by atoms with van der Waals surface area (Å²) < 4.78 is 58.9. The van der Waals surface area contributed by atoms with Crippen LogP contribution in [0.3, 0.4) is 0 Å². The van der Waals surface area contributed by atoms with Crippen molar-refractivity contribution in [2.45, 2.75) is 17.9 Å². The highest BCUT2D eigenvalue weighted by Crippen LogP contribution is 2.23. The largest absolute Gasteiger partial charge is 0.481 e. The summed E-state index contributed by atoms with van der Waals surface area (Å²) in [4.78, 5) is 11.2. The Balaban J connectivity index is 2.19. The number of rotatable bonds is 6. The average molecular weight is 370 g/mol. The molecule has 0 saturated carbocycles. The second-order valence-electron chi connectivity index (χ2n) is 5.05. The van der Waals surface area contributed by atoms with E-state index >= 15 is 0 Å². The number of amides is 1. The van der Waals surface area contributed by atoms with E-state index in [1.807, 2.05) is 4.72 Å². The topological polar surface area (TPSA) is 84.5 Å². The first-order valence-electron chi connectivity index (χ1n) is 7.19. The molecule has 0 bridgehead atoms. The van der Waals surface area contributed by atoms with E-state index in [0.717, 1.165) is 18.2 Å². The predicted molar refractivity (Wildman–Crippen MR) is 87.8 cm³/mol. The number of hydrogen-bond donors (Lipinski definition) is 2. The molecule has 6 nitrogen and oxygen atoms in total. The van der Waals surface area contributed by atoms with Crippen molar-refractivity contribution in [3.63, 3.8) is 0 Å². The maximum atomic E-state index is 13.6. The van der Waals surface area contributed by atoms with Crippen molar-refractivity contribution in [1.29, 1.82) is 0 Å². The fourth-order valence-electron chi connectivity index (χ4n) is 1.95. The van der Waals surface area contributed by atoms with Gasteiger partial charge in [-0.2, -0.15) is 0 Å². The van der Waals surface area contributed by atoms with Gasteiger partial charge in [0.2, 0.25) is 0 Å². The van der Waals surface area contributed by atoms with E-state index in [1.165, 1.54) is 38.2 Å². The molecule has 2 N–H and O–H groups in total. The quantitative estimate of drug-likeness (QED) is 0.817. The molecule has 0 aliphatic carbocycles. The van der Waals surface area contributed by atoms with Crippen LogP contribution in [0.15, 0.2) is 47.4 Å². The zero-order valence-electron chi connectivity index (χ0n) is 13.4. The maximum absolute atomic E-state index is 13.6. The summed E-state index contributed by atoms with van der Waals surface area (Å²) in [6, 6.07) is 8.09. The molecule has 2 rings (SSSR count). The third-order valence-corrected chi connectivity index (χ3v) is 4.63. The van der Waals surface area contributed by atoms with Crippen molar-refractivity contribution in [3.8, 4) is 5.75 Å². The van der Waals surface area contributed by atoms with E-state index in [0.29, 0.717) is 0 Å². The van der Waals surface area contributed by atoms with Crippen molar-refractivity contribution in [2.75, 3.05) is 11.8 Å². The van der Waals surface area contributed by atoms with Crippen LogP contribution in [0.4, 0.5) is 14.5 Å². The minimum Gasteiger partial charge on any atom is -0.481 e. The number of hydrogen-bond acceptors (Lipinski definition) is 4. The van der Waals surface area contributed by atoms with Crippen LogP contribution in [0.2, 0.25) is 0 Å². The molecule has 0 unspecified atom stereocenters. The summed E-state index contributed by atoms with van der Waals surface area (Å²) >= 11 is 0. The van der Waals surface area contributed by atoms with Crippen molar-refractivity contribution < 1.29 is 26.7 Å². The molecule has 0 heterocycles. The van der Waals surface area contributed by atoms with Gasteiger partial charge in [-0.1, -0.05) is 6.07 Å². The van der Waals surface area contributed by atoms with Gasteiger partial charge in [-0.25, -0.2) is 17.2 Å². The Bertz CT molecular complexity index is 850. The van der Waals surface area contributed by atoms with Crippen molar-refractivity contribution in [1.82, 2.24) is 5.32 Å². The molecule has 0 fully saturated rings. The summed E-state index contributed by atoms with van der Waals surface area (Å²) in [6.45, 7) is 1.53. The van der Waals surface area contributed by atoms with Crippen LogP contribution in [0.1, 0.15) is 6.92 Å². The van der Waals surface area contributed by atoms with Crippen molar-refractivity contribution >= 4 is 21.6 Å². The second-order valence-corrected chi connectivity index (χ2v) is 6.73. The third kappa shape index (κ3) is 4.44. The van der Waals surface area contributed by atoms with E-state index in [2.05, 4.69) is 5.32 Å². The number of para-hydroxylation sites is 1. The van der Waals surface area contributed by atoms with Gasteiger partial charge in [-0.05, 0) is 43.3 Å². The number of carbonyl (C=O) groups is 1. The summed E-state index contributed by atoms with van der Waals surface area (Å²) in [5.74, 6) is -2.12. The number of halogens is 2. The highest BCUT2D eigenvalue weighted by Gasteiger charge is 2.19. The molecule has 1 amide bonds. The minimum atomic E-state index is -4.19. The first kappa shape index (κ1) is 18.7. The lowest BCUT2D eigenvalue weighted by Crippen LogP contribution is -2.33. The SMILES string of the molecule is CNC(=O)[C@@H](C)Oc1ccc(S(=O)(=O)Nc2c(F)cccc2F)cc1. The number of likely N-dealkylation sites (N-methyl/N-ethyl adjacent to an activating group) is 1. The van der Waals surface area contributed by atoms with Gasteiger partial charge in [0.05, 0.1) is 4.90 Å². The molecule has 0 radical (unpaired) electrons. The Morgan fingerprint density at radius 1 is 1.08 bits per heavy atom. The molecule has 25 heavy (non-hydrogen) atoms. The summed E-state index contributed by atoms with van der Waals surface area (Å²) in [7, 11) is -2.73. The Morgan fingerprint density at radius 3 is 2.16 bits per heavy atom. The van der Waals surface area contributed by atoms with E-state index in [-0.39, 0.29) is 16.6 Å². The fraction of sp³-hybridized carbons (Fsp3) is 0.188. The van der Waals surface area contributed by atoms with Gasteiger partial charge in [-0.15, -0.1) is 0 Å². The van der Waals surface area contributed by atoms with Crippen LogP contribution in [-0.4, -0.2) is 27.5 Å². The molecule has 2 aromatic rings. The number of ether oxygens (including phenoxy) is 1. The van der Waals surface area contributed by atoms with Gasteiger partial charge in [0.15, 0.2) is 6.10 Å². The number of carbonyl (C=O) groups excluding carboxylic acids is 1. The first-order chi connectivity index (χ1) is 11.7. The van der Waals surface area contributed by atoms with Crippen molar-refractivity contribution in [3.05, 3.63) is 54.1 Å². The van der Waals surface area contributed by atoms with E-state index in [1.54, 1.807) is 0 Å². The van der Waals surface area contributed by atoms with E-state index in [4.69, 9.17) is 4.74 Å². The Kier molecular flexibility index (Phi) is 5.58. The zero-order valence-corrected chi connectivity index (χ0v) is 14.2. The molecular weight excluding hydrogens is 354 g/mol. The van der Waals surface area contributed by atoms with Gasteiger partial charge < -0.3 is 10.1 Å². The smallest absolute Gasteiger partial charge is 0.262 e. The Hall–Kier alpha value is -2.68. The lowest BCUT2D eigenvalue weighted by Gasteiger charge is -2.14. The van der Waals surface area contributed by atoms with Crippen molar-refractivity contribution in [2.24, 2.45) is 0 Å². The molecule has 0 saturated heterocycles. The monoisotopic (exact) mass is 370 g/mol. The molecule has 0 aliphatic rings. The normalized spacial score (nSPS) is 12.3. The fourth-order valence-corrected chi connectivity index (χ4v) is 3.02. The molecular formula is C16H16F2N2O4S. The minimum absolute atomic E-state index is 0.213. The highest BCUT2D eigenvalue weighted by molar-refractivity contribution is 7.92. The molecule has 0 aromatic heterocycles. The average Bonchev–Trinajstić information content (AvgIpc) is 2.58. The van der Waals surface area contributed by atoms with Gasteiger partial charge in [0.1, 0.15) is 23.1 Å². The summed E-state index contributed by atoms with van der Waals surface area (Å²) in [5, 5.41) is 2.42. The van der Waals surface area contributed by atoms with E-state index in [9.17, 15) is 22.0 Å². The van der Waals surface area contributed by atoms with Crippen LogP contribution in [0, 0.1) is 11.6 Å². The zero-order chi connectivity index (χ0) is 18.6. The highest BCUT2D eigenvalue weighted by atomic mass is 32.2. The Morgan fingerprint density at radius 2 is 1.64 bits per heavy atom. The standard InChI is InChI=1S/C16H16F2N2O4S/c1-10(16(21)19-2)24-11-6-8-12(9-7-11)25(22,23)20-15-13(17)4-3-5-14(15)18/h3-10,20H,1-2H3,(H,19,21)/t10-/m1/s1. The van der Waals surface area contributed by atoms with Gasteiger partial charge in [0, 0.05) is 7.05 Å². The molecule has 2 aromatic carbocycles. The van der Waals surface area contributed by atoms with Crippen LogP contribution in [0.25, 0.3) is 0 Å². The van der Waals surface area contributed by atoms with Gasteiger partial charge >= 0.3 is 0 Å². The molecule has 9 heteroatoms. The predicted octanol–water partition coefficient (Wildman–Crippen LogP) is 2.28. The molecule has 134 valence electrons. The van der Waals surface area contributed by atoms with Crippen LogP contribution < -0.4 is 14.8 Å². The third-order valence-electron chi connectivity index (χ3n) is 3.26. The first-order valence-corrected chi connectivity index (χ1v) is 8.68. The molecule has 0 aliphatic heterocycles. The van der Waals surface area contributed by atoms with Crippen LogP contribution in [-0.2, 0) is 14.8 Å². The lowest BCUT2D eigenvalue weighted by molar-refractivity contribution is -0.126.